The van der Waals surface area contributed by atoms with Gasteiger partial charge in [0.15, 0.2) is 5.76 Å². The van der Waals surface area contributed by atoms with E-state index < -0.39 is 0 Å². The van der Waals surface area contributed by atoms with Gasteiger partial charge in [-0.1, -0.05) is 13.3 Å². The smallest absolute Gasteiger partial charge is 0.226 e. The lowest BCUT2D eigenvalue weighted by Crippen LogP contribution is -2.23. The number of furan rings is 1. The SMILES string of the molecule is CCCC(OCC)C(=O)c1ccco1. The van der Waals surface area contributed by atoms with Crippen LogP contribution in [0.4, 0.5) is 0 Å². The van der Waals surface area contributed by atoms with Gasteiger partial charge in [0, 0.05) is 6.61 Å². The van der Waals surface area contributed by atoms with Gasteiger partial charge in [-0.2, -0.15) is 0 Å². The van der Waals surface area contributed by atoms with Crippen molar-refractivity contribution < 1.29 is 13.9 Å². The van der Waals surface area contributed by atoms with Crippen LogP contribution >= 0.6 is 0 Å². The third kappa shape index (κ3) is 2.70. The van der Waals surface area contributed by atoms with Gasteiger partial charge in [-0.15, -0.1) is 0 Å². The van der Waals surface area contributed by atoms with Gasteiger partial charge in [-0.3, -0.25) is 4.79 Å². The Hall–Kier alpha value is -1.09. The Bertz CT molecular complexity index is 258. The molecule has 1 atom stereocenters. The molecule has 1 unspecified atom stereocenters. The zero-order valence-corrected chi connectivity index (χ0v) is 8.66. The van der Waals surface area contributed by atoms with Gasteiger partial charge < -0.3 is 9.15 Å². The van der Waals surface area contributed by atoms with Gasteiger partial charge >= 0.3 is 0 Å². The zero-order chi connectivity index (χ0) is 10.4. The molecule has 1 heterocycles. The topological polar surface area (TPSA) is 39.4 Å². The second-order valence-corrected chi connectivity index (χ2v) is 3.07. The summed E-state index contributed by atoms with van der Waals surface area (Å²) in [7, 11) is 0. The van der Waals surface area contributed by atoms with Crippen molar-refractivity contribution in [3.8, 4) is 0 Å². The number of rotatable bonds is 6. The normalized spacial score (nSPS) is 12.7. The molecule has 0 bridgehead atoms. The molecule has 0 saturated carbocycles. The van der Waals surface area contributed by atoms with E-state index in [4.69, 9.17) is 9.15 Å². The highest BCUT2D eigenvalue weighted by molar-refractivity contribution is 5.96. The molecule has 78 valence electrons. The maximum Gasteiger partial charge on any atom is 0.226 e. The molecule has 0 radical (unpaired) electrons. The fraction of sp³-hybridized carbons (Fsp3) is 0.545. The van der Waals surface area contributed by atoms with Crippen molar-refractivity contribution in [2.75, 3.05) is 6.61 Å². The van der Waals surface area contributed by atoms with Gasteiger partial charge in [0.2, 0.25) is 5.78 Å². The van der Waals surface area contributed by atoms with Crippen LogP contribution in [0.25, 0.3) is 0 Å². The molecular weight excluding hydrogens is 180 g/mol. The fourth-order valence-electron chi connectivity index (χ4n) is 1.33. The van der Waals surface area contributed by atoms with Crippen LogP contribution in [0.5, 0.6) is 0 Å². The van der Waals surface area contributed by atoms with E-state index in [0.717, 1.165) is 12.8 Å². The summed E-state index contributed by atoms with van der Waals surface area (Å²) in [5.74, 6) is 0.329. The standard InChI is InChI=1S/C11H16O3/c1-3-6-9(13-4-2)11(12)10-7-5-8-14-10/h5,7-9H,3-4,6H2,1-2H3. The first-order chi connectivity index (χ1) is 6.79. The third-order valence-corrected chi connectivity index (χ3v) is 1.98. The van der Waals surface area contributed by atoms with Crippen molar-refractivity contribution >= 4 is 5.78 Å². The van der Waals surface area contributed by atoms with Crippen LogP contribution in [0.15, 0.2) is 22.8 Å². The molecule has 1 aromatic heterocycles. The summed E-state index contributed by atoms with van der Waals surface area (Å²) in [5, 5.41) is 0. The van der Waals surface area contributed by atoms with E-state index in [1.807, 2.05) is 13.8 Å². The maximum atomic E-state index is 11.8. The molecule has 0 saturated heterocycles. The number of hydrogen-bond donors (Lipinski definition) is 0. The van der Waals surface area contributed by atoms with Crippen LogP contribution < -0.4 is 0 Å². The number of hydrogen-bond acceptors (Lipinski definition) is 3. The summed E-state index contributed by atoms with van der Waals surface area (Å²) < 4.78 is 10.4. The molecule has 0 spiro atoms. The third-order valence-electron chi connectivity index (χ3n) is 1.98. The predicted octanol–water partition coefficient (Wildman–Crippen LogP) is 2.67. The maximum absolute atomic E-state index is 11.8. The van der Waals surface area contributed by atoms with Crippen LogP contribution in [-0.2, 0) is 4.74 Å². The molecule has 0 aliphatic rings. The molecule has 0 amide bonds. The molecular formula is C11H16O3. The summed E-state index contributed by atoms with van der Waals surface area (Å²) in [6.07, 6.45) is 2.82. The molecule has 1 aromatic rings. The van der Waals surface area contributed by atoms with E-state index in [9.17, 15) is 4.79 Å². The van der Waals surface area contributed by atoms with Crippen molar-refractivity contribution in [3.05, 3.63) is 24.2 Å². The highest BCUT2D eigenvalue weighted by Gasteiger charge is 2.21. The van der Waals surface area contributed by atoms with E-state index in [2.05, 4.69) is 0 Å². The molecule has 14 heavy (non-hydrogen) atoms. The quantitative estimate of drug-likeness (QED) is 0.656. The second kappa shape index (κ2) is 5.60. The summed E-state index contributed by atoms with van der Waals surface area (Å²) in [6.45, 7) is 4.47. The molecule has 0 N–H and O–H groups in total. The van der Waals surface area contributed by atoms with Crippen molar-refractivity contribution in [2.45, 2.75) is 32.8 Å². The van der Waals surface area contributed by atoms with Crippen LogP contribution in [-0.4, -0.2) is 18.5 Å². The van der Waals surface area contributed by atoms with Gasteiger partial charge in [-0.25, -0.2) is 0 Å². The van der Waals surface area contributed by atoms with E-state index in [0.29, 0.717) is 12.4 Å². The van der Waals surface area contributed by atoms with Gasteiger partial charge in [-0.05, 0) is 25.5 Å². The molecule has 0 fully saturated rings. The average molecular weight is 196 g/mol. The molecule has 3 heteroatoms. The number of carbonyl (C=O) groups is 1. The van der Waals surface area contributed by atoms with E-state index >= 15 is 0 Å². The summed E-state index contributed by atoms with van der Waals surface area (Å²) in [6, 6.07) is 3.38. The van der Waals surface area contributed by atoms with Crippen molar-refractivity contribution in [2.24, 2.45) is 0 Å². The number of ketones is 1. The lowest BCUT2D eigenvalue weighted by molar-refractivity contribution is 0.0399. The molecule has 0 aliphatic heterocycles. The number of ether oxygens (including phenoxy) is 1. The monoisotopic (exact) mass is 196 g/mol. The van der Waals surface area contributed by atoms with Gasteiger partial charge in [0.05, 0.1) is 6.26 Å². The van der Waals surface area contributed by atoms with E-state index in [1.54, 1.807) is 12.1 Å². The highest BCUT2D eigenvalue weighted by Crippen LogP contribution is 2.11. The Labute approximate surface area is 84.1 Å². The molecule has 0 aromatic carbocycles. The van der Waals surface area contributed by atoms with Crippen LogP contribution in [0.1, 0.15) is 37.2 Å². The fourth-order valence-corrected chi connectivity index (χ4v) is 1.33. The van der Waals surface area contributed by atoms with E-state index in [1.165, 1.54) is 6.26 Å². The minimum absolute atomic E-state index is 0.0568. The Morgan fingerprint density at radius 3 is 2.86 bits per heavy atom. The first kappa shape index (κ1) is 11.0. The highest BCUT2D eigenvalue weighted by atomic mass is 16.5. The minimum Gasteiger partial charge on any atom is -0.461 e. The molecule has 0 aliphatic carbocycles. The predicted molar refractivity (Wildman–Crippen MR) is 53.4 cm³/mol. The first-order valence-electron chi connectivity index (χ1n) is 4.98. The van der Waals surface area contributed by atoms with Crippen LogP contribution in [0, 0.1) is 0 Å². The van der Waals surface area contributed by atoms with Gasteiger partial charge in [0.25, 0.3) is 0 Å². The van der Waals surface area contributed by atoms with Crippen molar-refractivity contribution in [1.29, 1.82) is 0 Å². The minimum atomic E-state index is -0.351. The second-order valence-electron chi connectivity index (χ2n) is 3.07. The Balaban J connectivity index is 2.63. The summed E-state index contributed by atoms with van der Waals surface area (Å²) in [4.78, 5) is 11.8. The largest absolute Gasteiger partial charge is 0.461 e. The lowest BCUT2D eigenvalue weighted by atomic mass is 10.1. The lowest BCUT2D eigenvalue weighted by Gasteiger charge is -2.12. The Kier molecular flexibility index (Phi) is 4.40. The average Bonchev–Trinajstić information content (AvgIpc) is 2.69. The zero-order valence-electron chi connectivity index (χ0n) is 8.66. The number of carbonyl (C=O) groups excluding carboxylic acids is 1. The Morgan fingerprint density at radius 1 is 1.57 bits per heavy atom. The summed E-state index contributed by atoms with van der Waals surface area (Å²) >= 11 is 0. The molecule has 1 rings (SSSR count). The number of Topliss-reactive ketones (excluding diaryl/α,β-unsaturated/α-hetero) is 1. The van der Waals surface area contributed by atoms with Crippen molar-refractivity contribution in [3.63, 3.8) is 0 Å². The molecule has 3 nitrogen and oxygen atoms in total. The van der Waals surface area contributed by atoms with Crippen LogP contribution in [0.2, 0.25) is 0 Å². The van der Waals surface area contributed by atoms with E-state index in [-0.39, 0.29) is 11.9 Å². The van der Waals surface area contributed by atoms with Crippen LogP contribution in [0.3, 0.4) is 0 Å². The Morgan fingerprint density at radius 2 is 2.36 bits per heavy atom. The first-order valence-corrected chi connectivity index (χ1v) is 4.98. The van der Waals surface area contributed by atoms with Gasteiger partial charge in [0.1, 0.15) is 6.10 Å². The summed E-state index contributed by atoms with van der Waals surface area (Å²) in [5.41, 5.74) is 0. The van der Waals surface area contributed by atoms with Crippen molar-refractivity contribution in [1.82, 2.24) is 0 Å².